The molecule has 0 heterocycles. The summed E-state index contributed by atoms with van der Waals surface area (Å²) in [4.78, 5) is 11.4. The van der Waals surface area contributed by atoms with Gasteiger partial charge in [0.15, 0.2) is 0 Å². The van der Waals surface area contributed by atoms with Crippen molar-refractivity contribution in [1.29, 1.82) is 0 Å². The largest absolute Gasteiger partial charge is 0.460 e. The van der Waals surface area contributed by atoms with Gasteiger partial charge in [-0.3, -0.25) is 4.79 Å². The van der Waals surface area contributed by atoms with Crippen LogP contribution in [0.1, 0.15) is 33.1 Å². The van der Waals surface area contributed by atoms with Crippen molar-refractivity contribution in [2.24, 2.45) is 11.7 Å². The average Bonchev–Trinajstić information content (AvgIpc) is 2.42. The summed E-state index contributed by atoms with van der Waals surface area (Å²) in [6.07, 6.45) is -11.4. The molecule has 0 aromatic carbocycles. The Kier molecular flexibility index (Phi) is 9.62. The van der Waals surface area contributed by atoms with Crippen LogP contribution in [0.25, 0.3) is 0 Å². The van der Waals surface area contributed by atoms with Gasteiger partial charge in [0.1, 0.15) is 5.78 Å². The third kappa shape index (κ3) is 5.62. The molecule has 0 rings (SSSR count). The minimum absolute atomic E-state index is 0. The fraction of sp³-hybridized carbons (Fsp3) is 0.929. The topological polar surface area (TPSA) is 43.1 Å². The molecule has 0 spiro atoms. The molecule has 0 saturated carbocycles. The van der Waals surface area contributed by atoms with Gasteiger partial charge in [-0.2, -0.15) is 57.1 Å². The minimum atomic E-state index is -7.94. The van der Waals surface area contributed by atoms with Crippen LogP contribution in [0.3, 0.4) is 0 Å². The summed E-state index contributed by atoms with van der Waals surface area (Å²) in [5, 5.41) is 0. The van der Waals surface area contributed by atoms with Gasteiger partial charge in [-0.1, -0.05) is 13.8 Å². The Bertz CT molecular complexity index is 589. The highest BCUT2D eigenvalue weighted by Gasteiger charge is 2.90. The number of ketones is 1. The summed E-state index contributed by atoms with van der Waals surface area (Å²) in [6, 6.07) is -2.30. The summed E-state index contributed by atoms with van der Waals surface area (Å²) in [7, 11) is 0. The zero-order valence-electron chi connectivity index (χ0n) is 15.1. The molecule has 16 heteroatoms. The van der Waals surface area contributed by atoms with Crippen molar-refractivity contribution in [1.82, 2.24) is 0 Å². The number of hydrogen-bond acceptors (Lipinski definition) is 2. The van der Waals surface area contributed by atoms with Gasteiger partial charge in [0.25, 0.3) is 0 Å². The molecule has 0 aliphatic rings. The first-order valence-corrected chi connectivity index (χ1v) is 7.68. The van der Waals surface area contributed by atoms with E-state index in [1.807, 2.05) is 0 Å². The van der Waals surface area contributed by atoms with Gasteiger partial charge in [0.05, 0.1) is 0 Å². The third-order valence-corrected chi connectivity index (χ3v) is 3.64. The van der Waals surface area contributed by atoms with Crippen molar-refractivity contribution in [2.45, 2.75) is 74.9 Å². The Morgan fingerprint density at radius 1 is 0.700 bits per heavy atom. The van der Waals surface area contributed by atoms with Crippen molar-refractivity contribution in [3.8, 4) is 0 Å². The smallest absolute Gasteiger partial charge is 0.327 e. The van der Waals surface area contributed by atoms with Gasteiger partial charge in [-0.05, 0) is 5.92 Å². The van der Waals surface area contributed by atoms with Crippen molar-refractivity contribution in [3.63, 3.8) is 0 Å². The Morgan fingerprint density at radius 2 is 1.07 bits per heavy atom. The normalized spacial score (nSPS) is 15.8. The second kappa shape index (κ2) is 9.25. The molecule has 2 nitrogen and oxygen atoms in total. The van der Waals surface area contributed by atoms with Crippen LogP contribution in [0.4, 0.5) is 57.1 Å². The Labute approximate surface area is 167 Å². The molecule has 1 unspecified atom stereocenters. The highest BCUT2D eigenvalue weighted by atomic mass is 35.5. The highest BCUT2D eigenvalue weighted by Crippen LogP contribution is 2.60. The molecule has 0 aliphatic heterocycles. The van der Waals surface area contributed by atoms with Gasteiger partial charge in [-0.25, -0.2) is 0 Å². The van der Waals surface area contributed by atoms with Gasteiger partial charge in [-0.15, -0.1) is 12.4 Å². The first-order valence-electron chi connectivity index (χ1n) is 7.68. The van der Waals surface area contributed by atoms with Crippen LogP contribution in [0.2, 0.25) is 0 Å². The van der Waals surface area contributed by atoms with Crippen molar-refractivity contribution < 1.29 is 61.9 Å². The molecule has 2 N–H and O–H groups in total. The van der Waals surface area contributed by atoms with E-state index in [9.17, 15) is 61.9 Å². The summed E-state index contributed by atoms with van der Waals surface area (Å²) >= 11 is 0. The van der Waals surface area contributed by atoms with Crippen molar-refractivity contribution >= 4 is 18.2 Å². The first kappa shape index (κ1) is 31.2. The fourth-order valence-corrected chi connectivity index (χ4v) is 2.16. The molecule has 1 atom stereocenters. The number of hydrogen-bond donors (Lipinski definition) is 1. The van der Waals surface area contributed by atoms with Crippen LogP contribution in [0.15, 0.2) is 0 Å². The lowest BCUT2D eigenvalue weighted by Crippen LogP contribution is -2.70. The number of nitrogens with two attached hydrogens (primary N) is 1. The first-order chi connectivity index (χ1) is 12.5. The van der Waals surface area contributed by atoms with E-state index in [1.165, 1.54) is 13.8 Å². The zero-order valence-corrected chi connectivity index (χ0v) is 15.9. The van der Waals surface area contributed by atoms with Crippen LogP contribution in [-0.4, -0.2) is 47.6 Å². The van der Waals surface area contributed by atoms with E-state index >= 15 is 0 Å². The fourth-order valence-electron chi connectivity index (χ4n) is 2.16. The molecule has 182 valence electrons. The number of carbonyl (C=O) groups is 1. The maximum Gasteiger partial charge on any atom is 0.460 e. The van der Waals surface area contributed by atoms with E-state index in [-0.39, 0.29) is 24.7 Å². The third-order valence-electron chi connectivity index (χ3n) is 3.64. The van der Waals surface area contributed by atoms with Crippen molar-refractivity contribution in [2.75, 3.05) is 0 Å². The van der Waals surface area contributed by atoms with Crippen molar-refractivity contribution in [3.05, 3.63) is 0 Å². The Hall–Kier alpha value is -0.990. The van der Waals surface area contributed by atoms with E-state index in [2.05, 4.69) is 0 Å². The van der Waals surface area contributed by atoms with E-state index < -0.39 is 60.5 Å². The van der Waals surface area contributed by atoms with E-state index in [0.717, 1.165) is 0 Å². The molecular formula is C14H17ClF13NO. The monoisotopic (exact) mass is 497 g/mol. The second-order valence-corrected chi connectivity index (χ2v) is 6.80. The van der Waals surface area contributed by atoms with Crippen LogP contribution >= 0.6 is 12.4 Å². The van der Waals surface area contributed by atoms with E-state index in [1.54, 1.807) is 0 Å². The van der Waals surface area contributed by atoms with E-state index in [0.29, 0.717) is 0 Å². The number of carbonyl (C=O) groups excluding carboxylic acids is 1. The predicted molar refractivity (Wildman–Crippen MR) is 79.7 cm³/mol. The lowest BCUT2D eigenvalue weighted by atomic mass is 9.89. The molecule has 30 heavy (non-hydrogen) atoms. The quantitative estimate of drug-likeness (QED) is 0.384. The van der Waals surface area contributed by atoms with Gasteiger partial charge in [0.2, 0.25) is 0 Å². The molecule has 0 aliphatic carbocycles. The molecule has 0 aromatic rings. The van der Waals surface area contributed by atoms with Crippen LogP contribution in [0, 0.1) is 5.92 Å². The standard InChI is InChI=1S/C14H16F13NO.ClH/c1-6(2)3-8(29)4-7(28)5-9(15,16)10(17,18)11(19,20)12(21,22)13(23,24)14(25,26)27;/h6-7H,3-5,28H2,1-2H3;1H. The lowest BCUT2D eigenvalue weighted by molar-refractivity contribution is -0.440. The average molecular weight is 498 g/mol. The van der Waals surface area contributed by atoms with Crippen LogP contribution in [-0.2, 0) is 4.79 Å². The SMILES string of the molecule is CC(C)CC(=O)CC(N)CC(F)(F)C(F)(F)C(F)(F)C(F)(F)C(F)(F)C(F)(F)F.Cl. The number of halogens is 14. The van der Waals surface area contributed by atoms with Crippen LogP contribution in [0.5, 0.6) is 0 Å². The minimum Gasteiger partial charge on any atom is -0.327 e. The summed E-state index contributed by atoms with van der Waals surface area (Å²) < 4.78 is 168. The summed E-state index contributed by atoms with van der Waals surface area (Å²) in [5.74, 6) is -38.4. The predicted octanol–water partition coefficient (Wildman–Crippen LogP) is 5.87. The summed E-state index contributed by atoms with van der Waals surface area (Å²) in [5.41, 5.74) is 4.95. The second-order valence-electron chi connectivity index (χ2n) is 6.80. The molecule has 0 bridgehead atoms. The van der Waals surface area contributed by atoms with Crippen LogP contribution < -0.4 is 5.73 Å². The zero-order chi connectivity index (χ0) is 23.9. The summed E-state index contributed by atoms with van der Waals surface area (Å²) in [6.45, 7) is 2.96. The number of rotatable bonds is 10. The Balaban J connectivity index is 0. The van der Waals surface area contributed by atoms with Gasteiger partial charge < -0.3 is 5.73 Å². The molecule has 0 aromatic heterocycles. The molecular weight excluding hydrogens is 481 g/mol. The maximum absolute atomic E-state index is 13.6. The molecule has 0 fully saturated rings. The van der Waals surface area contributed by atoms with E-state index in [4.69, 9.17) is 5.73 Å². The Morgan fingerprint density at radius 3 is 1.40 bits per heavy atom. The van der Waals surface area contributed by atoms with Gasteiger partial charge in [0, 0.05) is 25.3 Å². The number of alkyl halides is 13. The maximum atomic E-state index is 13.6. The molecule has 0 radical (unpaired) electrons. The number of Topliss-reactive ketones (excluding diaryl/α,β-unsaturated/α-hetero) is 1. The highest BCUT2D eigenvalue weighted by molar-refractivity contribution is 5.85. The van der Waals surface area contributed by atoms with Gasteiger partial charge >= 0.3 is 35.8 Å². The lowest BCUT2D eigenvalue weighted by Gasteiger charge is -2.40. The molecule has 0 amide bonds. The molecule has 0 saturated heterocycles.